The molecule has 1 saturated heterocycles. The molecule has 0 spiro atoms. The summed E-state index contributed by atoms with van der Waals surface area (Å²) in [6.45, 7) is 1.16. The van der Waals surface area contributed by atoms with Gasteiger partial charge in [0.15, 0.2) is 0 Å². The Morgan fingerprint density at radius 3 is 2.60 bits per heavy atom. The molecule has 1 aliphatic heterocycles. The van der Waals surface area contributed by atoms with Gasteiger partial charge in [-0.05, 0) is 36.6 Å². The van der Waals surface area contributed by atoms with Crippen molar-refractivity contribution in [3.8, 4) is 6.07 Å². The number of carbonyl (C=O) groups excluding carboxylic acids is 1. The molecule has 1 aliphatic rings. The zero-order valence-electron chi connectivity index (χ0n) is 13.5. The van der Waals surface area contributed by atoms with Gasteiger partial charge in [0.05, 0.1) is 0 Å². The Morgan fingerprint density at radius 1 is 1.32 bits per heavy atom. The highest BCUT2D eigenvalue weighted by molar-refractivity contribution is 5.77. The molecule has 0 unspecified atom stereocenters. The van der Waals surface area contributed by atoms with Crippen LogP contribution in [0.4, 0.5) is 10.3 Å². The van der Waals surface area contributed by atoms with Crippen molar-refractivity contribution < 1.29 is 13.6 Å². The lowest BCUT2D eigenvalue weighted by atomic mass is 9.96. The van der Waals surface area contributed by atoms with Crippen LogP contribution in [0.15, 0.2) is 28.7 Å². The number of aromatic nitrogens is 1. The first-order valence-corrected chi connectivity index (χ1v) is 7.95. The van der Waals surface area contributed by atoms with Crippen molar-refractivity contribution in [2.45, 2.75) is 12.8 Å². The topological polar surface area (TPSA) is 96.2 Å². The number of oxazole rings is 1. The molecule has 1 fully saturated rings. The molecule has 1 aromatic carbocycles. The number of benzene rings is 1. The first kappa shape index (κ1) is 16.7. The minimum absolute atomic E-state index is 0.137. The van der Waals surface area contributed by atoms with Crippen molar-refractivity contribution in [2.75, 3.05) is 18.0 Å². The third-order valence-corrected chi connectivity index (χ3v) is 4.20. The number of halogens is 1. The quantitative estimate of drug-likeness (QED) is 0.923. The molecule has 0 aliphatic carbocycles. The van der Waals surface area contributed by atoms with Gasteiger partial charge in [-0.3, -0.25) is 4.79 Å². The fraction of sp³-hybridized carbons (Fsp3) is 0.278. The van der Waals surface area contributed by atoms with Gasteiger partial charge in [-0.1, -0.05) is 12.1 Å². The molecule has 0 saturated carbocycles. The van der Waals surface area contributed by atoms with Gasteiger partial charge < -0.3 is 15.1 Å². The molecular formula is C18H17FN4O2. The summed E-state index contributed by atoms with van der Waals surface area (Å²) < 4.78 is 18.6. The number of rotatable bonds is 4. The molecule has 0 atom stereocenters. The number of primary amides is 1. The van der Waals surface area contributed by atoms with Crippen LogP contribution < -0.4 is 10.6 Å². The second kappa shape index (κ2) is 7.18. The van der Waals surface area contributed by atoms with E-state index in [-0.39, 0.29) is 23.3 Å². The average Bonchev–Trinajstić information content (AvgIpc) is 3.04. The van der Waals surface area contributed by atoms with Crippen molar-refractivity contribution in [1.29, 1.82) is 5.26 Å². The molecule has 1 amide bonds. The van der Waals surface area contributed by atoms with Crippen LogP contribution in [0.25, 0.3) is 12.2 Å². The highest BCUT2D eigenvalue weighted by atomic mass is 19.1. The lowest BCUT2D eigenvalue weighted by Crippen LogP contribution is -2.38. The number of carbonyl (C=O) groups is 1. The van der Waals surface area contributed by atoms with E-state index >= 15 is 0 Å². The highest BCUT2D eigenvalue weighted by Gasteiger charge is 2.27. The Balaban J connectivity index is 1.75. The summed E-state index contributed by atoms with van der Waals surface area (Å²) in [4.78, 5) is 17.3. The Hall–Kier alpha value is -3.14. The third-order valence-electron chi connectivity index (χ3n) is 4.20. The second-order valence-electron chi connectivity index (χ2n) is 5.87. The standard InChI is InChI=1S/C18H17FN4O2/c19-14-4-1-12(2-5-14)3-6-16-22-15(11-20)18(25-16)23-9-7-13(8-10-23)17(21)24/h1-6,13H,7-10H2,(H2,21,24)/b6-3+. The Labute approximate surface area is 144 Å². The number of nitrogens with two attached hydrogens (primary N) is 1. The maximum absolute atomic E-state index is 12.9. The first-order valence-electron chi connectivity index (χ1n) is 7.95. The van der Waals surface area contributed by atoms with E-state index in [0.717, 1.165) is 5.56 Å². The third kappa shape index (κ3) is 3.86. The van der Waals surface area contributed by atoms with Crippen LogP contribution in [0.1, 0.15) is 30.0 Å². The monoisotopic (exact) mass is 340 g/mol. The van der Waals surface area contributed by atoms with Crippen LogP contribution in [0.3, 0.4) is 0 Å². The van der Waals surface area contributed by atoms with Crippen LogP contribution in [0.5, 0.6) is 0 Å². The average molecular weight is 340 g/mol. The predicted octanol–water partition coefficient (Wildman–Crippen LogP) is 2.56. The molecule has 2 N–H and O–H groups in total. The second-order valence-corrected chi connectivity index (χ2v) is 5.87. The van der Waals surface area contributed by atoms with Crippen molar-refractivity contribution in [1.82, 2.24) is 4.98 Å². The summed E-state index contributed by atoms with van der Waals surface area (Å²) in [5, 5.41) is 9.28. The van der Waals surface area contributed by atoms with E-state index in [9.17, 15) is 14.4 Å². The molecule has 2 aromatic rings. The number of hydrogen-bond acceptors (Lipinski definition) is 5. The van der Waals surface area contributed by atoms with Crippen molar-refractivity contribution in [3.63, 3.8) is 0 Å². The van der Waals surface area contributed by atoms with Gasteiger partial charge in [-0.25, -0.2) is 4.39 Å². The SMILES string of the molecule is N#Cc1nc(/C=C/c2ccc(F)cc2)oc1N1CCC(C(N)=O)CC1. The molecule has 2 heterocycles. The number of nitriles is 1. The van der Waals surface area contributed by atoms with Crippen LogP contribution in [0.2, 0.25) is 0 Å². The van der Waals surface area contributed by atoms with E-state index < -0.39 is 0 Å². The van der Waals surface area contributed by atoms with Crippen LogP contribution in [-0.2, 0) is 4.79 Å². The molecule has 7 heteroatoms. The lowest BCUT2D eigenvalue weighted by Gasteiger charge is -2.30. The van der Waals surface area contributed by atoms with Gasteiger partial charge >= 0.3 is 0 Å². The van der Waals surface area contributed by atoms with Crippen LogP contribution >= 0.6 is 0 Å². The van der Waals surface area contributed by atoms with E-state index in [1.165, 1.54) is 12.1 Å². The largest absolute Gasteiger partial charge is 0.420 e. The molecular weight excluding hydrogens is 323 g/mol. The fourth-order valence-electron chi connectivity index (χ4n) is 2.80. The minimum atomic E-state index is -0.304. The van der Waals surface area contributed by atoms with Crippen molar-refractivity contribution >= 4 is 23.9 Å². The summed E-state index contributed by atoms with van der Waals surface area (Å²) in [5.41, 5.74) is 6.34. The zero-order valence-corrected chi connectivity index (χ0v) is 13.5. The number of nitrogens with zero attached hydrogens (tertiary/aromatic N) is 3. The molecule has 0 bridgehead atoms. The maximum Gasteiger partial charge on any atom is 0.235 e. The number of anilines is 1. The molecule has 0 radical (unpaired) electrons. The summed E-state index contributed by atoms with van der Waals surface area (Å²) in [7, 11) is 0. The number of hydrogen-bond donors (Lipinski definition) is 1. The van der Waals surface area contributed by atoms with E-state index in [1.54, 1.807) is 24.3 Å². The first-order chi connectivity index (χ1) is 12.1. The van der Waals surface area contributed by atoms with Crippen molar-refractivity contribution in [3.05, 3.63) is 47.2 Å². The van der Waals surface area contributed by atoms with Crippen LogP contribution in [-0.4, -0.2) is 24.0 Å². The van der Waals surface area contributed by atoms with Gasteiger partial charge in [-0.15, -0.1) is 0 Å². The van der Waals surface area contributed by atoms with E-state index in [2.05, 4.69) is 4.98 Å². The molecule has 25 heavy (non-hydrogen) atoms. The fourth-order valence-corrected chi connectivity index (χ4v) is 2.80. The van der Waals surface area contributed by atoms with Gasteiger partial charge in [0, 0.05) is 25.1 Å². The Kier molecular flexibility index (Phi) is 4.80. The molecule has 3 rings (SSSR count). The molecule has 6 nitrogen and oxygen atoms in total. The Morgan fingerprint density at radius 2 is 2.00 bits per heavy atom. The molecule has 128 valence electrons. The normalized spacial score (nSPS) is 15.4. The number of piperidine rings is 1. The zero-order chi connectivity index (χ0) is 17.8. The molecule has 1 aromatic heterocycles. The van der Waals surface area contributed by atoms with Gasteiger partial charge in [-0.2, -0.15) is 10.2 Å². The maximum atomic E-state index is 12.9. The highest BCUT2D eigenvalue weighted by Crippen LogP contribution is 2.27. The van der Waals surface area contributed by atoms with E-state index in [1.807, 2.05) is 11.0 Å². The number of amides is 1. The lowest BCUT2D eigenvalue weighted by molar-refractivity contribution is -0.122. The van der Waals surface area contributed by atoms with Gasteiger partial charge in [0.2, 0.25) is 23.4 Å². The van der Waals surface area contributed by atoms with E-state index in [0.29, 0.717) is 37.7 Å². The predicted molar refractivity (Wildman–Crippen MR) is 90.7 cm³/mol. The van der Waals surface area contributed by atoms with E-state index in [4.69, 9.17) is 10.2 Å². The van der Waals surface area contributed by atoms with Crippen LogP contribution in [0, 0.1) is 23.1 Å². The van der Waals surface area contributed by atoms with Gasteiger partial charge in [0.1, 0.15) is 11.9 Å². The van der Waals surface area contributed by atoms with Crippen molar-refractivity contribution in [2.24, 2.45) is 11.7 Å². The summed E-state index contributed by atoms with van der Waals surface area (Å²) in [5.74, 6) is -0.0260. The summed E-state index contributed by atoms with van der Waals surface area (Å²) in [6.07, 6.45) is 4.62. The summed E-state index contributed by atoms with van der Waals surface area (Å²) in [6, 6.07) is 8.03. The van der Waals surface area contributed by atoms with Gasteiger partial charge in [0.25, 0.3) is 0 Å². The summed E-state index contributed by atoms with van der Waals surface area (Å²) >= 11 is 0. The minimum Gasteiger partial charge on any atom is -0.420 e. The smallest absolute Gasteiger partial charge is 0.235 e. The Bertz CT molecular complexity index is 828.